The summed E-state index contributed by atoms with van der Waals surface area (Å²) in [6.45, 7) is 13.1. The van der Waals surface area contributed by atoms with E-state index >= 15 is 0 Å². The maximum absolute atomic E-state index is 11.9. The second kappa shape index (κ2) is 6.83. The number of carboxylic acid groups (broad SMARTS) is 1. The summed E-state index contributed by atoms with van der Waals surface area (Å²) in [5.41, 5.74) is -0.560. The number of hydrogen-bond donors (Lipinski definition) is 2. The van der Waals surface area contributed by atoms with Crippen LogP contribution in [0.15, 0.2) is 25.3 Å². The van der Waals surface area contributed by atoms with Gasteiger partial charge in [0.25, 0.3) is 0 Å². The quantitative estimate of drug-likeness (QED) is 0.711. The van der Waals surface area contributed by atoms with Crippen LogP contribution in [0.3, 0.4) is 0 Å². The molecule has 0 saturated carbocycles. The summed E-state index contributed by atoms with van der Waals surface area (Å²) in [5.74, 6) is -1.05. The number of carbonyl (C=O) groups excluding carboxylic acids is 1. The van der Waals surface area contributed by atoms with E-state index in [4.69, 9.17) is 5.11 Å². The molecule has 5 heteroatoms. The summed E-state index contributed by atoms with van der Waals surface area (Å²) >= 11 is 0. The molecule has 0 aliphatic rings. The Balaban J connectivity index is 4.81. The third-order valence-corrected chi connectivity index (χ3v) is 2.37. The Morgan fingerprint density at radius 1 is 1.28 bits per heavy atom. The highest BCUT2D eigenvalue weighted by Gasteiger charge is 2.33. The zero-order valence-electron chi connectivity index (χ0n) is 11.3. The van der Waals surface area contributed by atoms with E-state index in [2.05, 4.69) is 18.5 Å². The largest absolute Gasteiger partial charge is 0.480 e. The van der Waals surface area contributed by atoms with E-state index in [0.29, 0.717) is 13.1 Å². The topological polar surface area (TPSA) is 69.6 Å². The molecule has 0 aromatic heterocycles. The molecule has 2 amide bonds. The van der Waals surface area contributed by atoms with E-state index < -0.39 is 23.5 Å². The molecule has 0 bridgehead atoms. The first-order valence-corrected chi connectivity index (χ1v) is 5.74. The van der Waals surface area contributed by atoms with E-state index in [-0.39, 0.29) is 0 Å². The maximum atomic E-state index is 11.9. The molecule has 0 aliphatic heterocycles. The zero-order valence-corrected chi connectivity index (χ0v) is 11.3. The van der Waals surface area contributed by atoms with Crippen LogP contribution in [-0.4, -0.2) is 41.1 Å². The standard InChI is InChI=1S/C13H22N2O3/c1-6-8-15(9-7-2)12(18)14-10(11(16)17)13(3,4)5/h6-7,10H,1-2,8-9H2,3-5H3,(H,14,18)(H,16,17)/t10-/m0/s1. The first kappa shape index (κ1) is 16.2. The average Bonchev–Trinajstić information content (AvgIpc) is 2.23. The second-order valence-electron chi connectivity index (χ2n) is 5.07. The molecule has 0 heterocycles. The van der Waals surface area contributed by atoms with Crippen LogP contribution in [0.4, 0.5) is 4.79 Å². The van der Waals surface area contributed by atoms with E-state index in [1.807, 2.05) is 0 Å². The number of rotatable bonds is 6. The van der Waals surface area contributed by atoms with Crippen LogP contribution in [0, 0.1) is 5.41 Å². The van der Waals surface area contributed by atoms with Gasteiger partial charge in [-0.25, -0.2) is 9.59 Å². The van der Waals surface area contributed by atoms with Gasteiger partial charge in [-0.15, -0.1) is 13.2 Å². The van der Waals surface area contributed by atoms with Crippen molar-refractivity contribution in [3.63, 3.8) is 0 Å². The van der Waals surface area contributed by atoms with Crippen LogP contribution in [-0.2, 0) is 4.79 Å². The van der Waals surface area contributed by atoms with E-state index in [1.165, 1.54) is 4.90 Å². The fraction of sp³-hybridized carbons (Fsp3) is 0.538. The molecule has 0 saturated heterocycles. The lowest BCUT2D eigenvalue weighted by atomic mass is 9.87. The fourth-order valence-electron chi connectivity index (χ4n) is 1.42. The van der Waals surface area contributed by atoms with Gasteiger partial charge in [-0.3, -0.25) is 0 Å². The highest BCUT2D eigenvalue weighted by Crippen LogP contribution is 2.19. The number of nitrogens with one attached hydrogen (secondary N) is 1. The molecule has 0 aromatic rings. The van der Waals surface area contributed by atoms with Crippen LogP contribution in [0.1, 0.15) is 20.8 Å². The van der Waals surface area contributed by atoms with Gasteiger partial charge in [0.15, 0.2) is 0 Å². The van der Waals surface area contributed by atoms with Crippen molar-refractivity contribution in [3.8, 4) is 0 Å². The minimum absolute atomic E-state index is 0.342. The molecule has 102 valence electrons. The van der Waals surface area contributed by atoms with Gasteiger partial charge in [0, 0.05) is 13.1 Å². The summed E-state index contributed by atoms with van der Waals surface area (Å²) in [5, 5.41) is 11.6. The predicted octanol–water partition coefficient (Wildman–Crippen LogP) is 1.87. The van der Waals surface area contributed by atoms with Crippen molar-refractivity contribution in [1.82, 2.24) is 10.2 Å². The minimum atomic E-state index is -1.05. The Hall–Kier alpha value is -1.78. The van der Waals surface area contributed by atoms with Gasteiger partial charge >= 0.3 is 12.0 Å². The summed E-state index contributed by atoms with van der Waals surface area (Å²) < 4.78 is 0. The molecule has 0 unspecified atom stereocenters. The number of hydrogen-bond acceptors (Lipinski definition) is 2. The number of amides is 2. The van der Waals surface area contributed by atoms with Gasteiger partial charge in [0.2, 0.25) is 0 Å². The molecule has 0 spiro atoms. The Morgan fingerprint density at radius 3 is 2.00 bits per heavy atom. The van der Waals surface area contributed by atoms with Gasteiger partial charge in [-0.1, -0.05) is 32.9 Å². The summed E-state index contributed by atoms with van der Waals surface area (Å²) in [6.07, 6.45) is 3.16. The van der Waals surface area contributed by atoms with Crippen molar-refractivity contribution < 1.29 is 14.7 Å². The minimum Gasteiger partial charge on any atom is -0.480 e. The smallest absolute Gasteiger partial charge is 0.326 e. The zero-order chi connectivity index (χ0) is 14.3. The summed E-state index contributed by atoms with van der Waals surface area (Å²) in [7, 11) is 0. The molecule has 5 nitrogen and oxygen atoms in total. The Morgan fingerprint density at radius 2 is 1.72 bits per heavy atom. The van der Waals surface area contributed by atoms with Crippen LogP contribution in [0.25, 0.3) is 0 Å². The molecular weight excluding hydrogens is 232 g/mol. The van der Waals surface area contributed by atoms with Crippen LogP contribution in [0.2, 0.25) is 0 Å². The summed E-state index contributed by atoms with van der Waals surface area (Å²) in [6, 6.07) is -1.38. The Kier molecular flexibility index (Phi) is 6.16. The van der Waals surface area contributed by atoms with Crippen molar-refractivity contribution in [2.75, 3.05) is 13.1 Å². The van der Waals surface area contributed by atoms with Gasteiger partial charge < -0.3 is 15.3 Å². The van der Waals surface area contributed by atoms with Crippen LogP contribution < -0.4 is 5.32 Å². The lowest BCUT2D eigenvalue weighted by Crippen LogP contribution is -2.53. The predicted molar refractivity (Wildman–Crippen MR) is 71.4 cm³/mol. The van der Waals surface area contributed by atoms with Crippen molar-refractivity contribution >= 4 is 12.0 Å². The number of urea groups is 1. The molecule has 2 N–H and O–H groups in total. The normalized spacial score (nSPS) is 12.4. The lowest BCUT2D eigenvalue weighted by Gasteiger charge is -2.30. The van der Waals surface area contributed by atoms with Crippen molar-refractivity contribution in [2.45, 2.75) is 26.8 Å². The molecule has 0 fully saturated rings. The lowest BCUT2D eigenvalue weighted by molar-refractivity contribution is -0.142. The first-order valence-electron chi connectivity index (χ1n) is 5.74. The van der Waals surface area contributed by atoms with Gasteiger partial charge in [-0.05, 0) is 5.41 Å². The molecule has 0 rings (SSSR count). The van der Waals surface area contributed by atoms with E-state index in [0.717, 1.165) is 0 Å². The monoisotopic (exact) mass is 254 g/mol. The van der Waals surface area contributed by atoms with Gasteiger partial charge in [0.05, 0.1) is 0 Å². The van der Waals surface area contributed by atoms with Gasteiger partial charge in [-0.2, -0.15) is 0 Å². The second-order valence-corrected chi connectivity index (χ2v) is 5.07. The SMILES string of the molecule is C=CCN(CC=C)C(=O)N[C@@H](C(=O)O)C(C)(C)C. The molecule has 0 aliphatic carbocycles. The Bertz CT molecular complexity index is 322. The highest BCUT2D eigenvalue weighted by atomic mass is 16.4. The number of nitrogens with zero attached hydrogens (tertiary/aromatic N) is 1. The third kappa shape index (κ3) is 5.03. The fourth-order valence-corrected chi connectivity index (χ4v) is 1.42. The van der Waals surface area contributed by atoms with Gasteiger partial charge in [0.1, 0.15) is 6.04 Å². The van der Waals surface area contributed by atoms with E-state index in [9.17, 15) is 9.59 Å². The molecule has 1 atom stereocenters. The van der Waals surface area contributed by atoms with Crippen molar-refractivity contribution in [1.29, 1.82) is 0 Å². The van der Waals surface area contributed by atoms with Crippen molar-refractivity contribution in [3.05, 3.63) is 25.3 Å². The van der Waals surface area contributed by atoms with Crippen molar-refractivity contribution in [2.24, 2.45) is 5.41 Å². The average molecular weight is 254 g/mol. The maximum Gasteiger partial charge on any atom is 0.326 e. The van der Waals surface area contributed by atoms with Crippen LogP contribution in [0.5, 0.6) is 0 Å². The van der Waals surface area contributed by atoms with Crippen LogP contribution >= 0.6 is 0 Å². The molecule has 0 aromatic carbocycles. The molecule has 0 radical (unpaired) electrons. The third-order valence-electron chi connectivity index (χ3n) is 2.37. The number of aliphatic carboxylic acids is 1. The Labute approximate surface area is 108 Å². The highest BCUT2D eigenvalue weighted by molar-refractivity contribution is 5.83. The number of carbonyl (C=O) groups is 2. The molecule has 18 heavy (non-hydrogen) atoms. The molecular formula is C13H22N2O3. The first-order chi connectivity index (χ1) is 8.23. The number of carboxylic acids is 1. The van der Waals surface area contributed by atoms with E-state index in [1.54, 1.807) is 32.9 Å². The summed E-state index contributed by atoms with van der Waals surface area (Å²) in [4.78, 5) is 24.5.